The van der Waals surface area contributed by atoms with Gasteiger partial charge < -0.3 is 20.7 Å². The van der Waals surface area contributed by atoms with Crippen molar-refractivity contribution in [3.63, 3.8) is 0 Å². The smallest absolute Gasteiger partial charge is 0.405 e. The molecule has 0 spiro atoms. The molecule has 1 aromatic heterocycles. The minimum atomic E-state index is -1.17. The highest BCUT2D eigenvalue weighted by atomic mass is 16.5. The van der Waals surface area contributed by atoms with Gasteiger partial charge in [0.05, 0.1) is 0 Å². The number of nitrogens with zero attached hydrogens (tertiary/aromatic N) is 2. The number of aromatic nitrogens is 2. The second-order valence-electron chi connectivity index (χ2n) is 3.01. The molecule has 7 nitrogen and oxygen atoms in total. The summed E-state index contributed by atoms with van der Waals surface area (Å²) in [6, 6.07) is 0. The number of anilines is 1. The predicted molar refractivity (Wildman–Crippen MR) is 42.9 cm³/mol. The summed E-state index contributed by atoms with van der Waals surface area (Å²) in [5.41, 5.74) is 4.28. The Labute approximate surface area is 73.9 Å². The van der Waals surface area contributed by atoms with Crippen molar-refractivity contribution in [1.82, 2.24) is 15.5 Å². The molecule has 72 valence electrons. The number of hydrogen-bond donors (Lipinski definition) is 3. The maximum atomic E-state index is 10.4. The van der Waals surface area contributed by atoms with Crippen molar-refractivity contribution < 1.29 is 14.4 Å². The van der Waals surface area contributed by atoms with Crippen molar-refractivity contribution in [2.75, 3.05) is 5.73 Å². The van der Waals surface area contributed by atoms with Gasteiger partial charge in [0.1, 0.15) is 5.54 Å². The molecule has 0 fully saturated rings. The molecule has 7 heteroatoms. The predicted octanol–water partition coefficient (Wildman–Crippen LogP) is 0.154. The van der Waals surface area contributed by atoms with Crippen LogP contribution in [0.4, 0.5) is 10.7 Å². The van der Waals surface area contributed by atoms with Crippen molar-refractivity contribution in [1.29, 1.82) is 0 Å². The summed E-state index contributed by atoms with van der Waals surface area (Å²) in [7, 11) is 0. The molecular weight excluding hydrogens is 176 g/mol. The van der Waals surface area contributed by atoms with Crippen LogP contribution in [0.3, 0.4) is 0 Å². The fourth-order valence-electron chi connectivity index (χ4n) is 0.810. The third-order valence-corrected chi connectivity index (χ3v) is 1.40. The minimum absolute atomic E-state index is 0.0183. The van der Waals surface area contributed by atoms with Crippen LogP contribution >= 0.6 is 0 Å². The van der Waals surface area contributed by atoms with Crippen molar-refractivity contribution in [3.05, 3.63) is 5.89 Å². The number of carboxylic acid groups (broad SMARTS) is 1. The summed E-state index contributed by atoms with van der Waals surface area (Å²) in [6.07, 6.45) is -1.17. The summed E-state index contributed by atoms with van der Waals surface area (Å²) < 4.78 is 4.72. The zero-order valence-corrected chi connectivity index (χ0v) is 7.24. The van der Waals surface area contributed by atoms with E-state index in [4.69, 9.17) is 15.4 Å². The molecule has 4 N–H and O–H groups in total. The number of hydrogen-bond acceptors (Lipinski definition) is 5. The second-order valence-corrected chi connectivity index (χ2v) is 3.01. The highest BCUT2D eigenvalue weighted by Gasteiger charge is 2.29. The van der Waals surface area contributed by atoms with Crippen molar-refractivity contribution in [2.24, 2.45) is 0 Å². The highest BCUT2D eigenvalue weighted by Crippen LogP contribution is 2.17. The third-order valence-electron chi connectivity index (χ3n) is 1.40. The topological polar surface area (TPSA) is 114 Å². The van der Waals surface area contributed by atoms with E-state index in [0.29, 0.717) is 0 Å². The first-order valence-corrected chi connectivity index (χ1v) is 3.52. The average Bonchev–Trinajstić information content (AvgIpc) is 2.32. The van der Waals surface area contributed by atoms with Crippen molar-refractivity contribution >= 4 is 12.0 Å². The van der Waals surface area contributed by atoms with E-state index in [2.05, 4.69) is 15.5 Å². The Morgan fingerprint density at radius 3 is 2.69 bits per heavy atom. The van der Waals surface area contributed by atoms with E-state index in [1.165, 1.54) is 0 Å². The van der Waals surface area contributed by atoms with E-state index in [0.717, 1.165) is 0 Å². The molecule has 1 aromatic rings. The molecule has 0 saturated heterocycles. The number of amides is 1. The first-order valence-electron chi connectivity index (χ1n) is 3.52. The van der Waals surface area contributed by atoms with Crippen molar-refractivity contribution in [2.45, 2.75) is 19.4 Å². The number of rotatable bonds is 2. The molecule has 0 radical (unpaired) electrons. The highest BCUT2D eigenvalue weighted by molar-refractivity contribution is 5.65. The number of nitrogen functional groups attached to an aromatic ring is 1. The lowest BCUT2D eigenvalue weighted by molar-refractivity contribution is 0.173. The lowest BCUT2D eigenvalue weighted by Gasteiger charge is -2.18. The molecule has 0 unspecified atom stereocenters. The largest absolute Gasteiger partial charge is 0.465 e. The molecule has 1 heterocycles. The lowest BCUT2D eigenvalue weighted by atomic mass is 10.1. The Kier molecular flexibility index (Phi) is 2.09. The lowest BCUT2D eigenvalue weighted by Crippen LogP contribution is -2.40. The van der Waals surface area contributed by atoms with Gasteiger partial charge in [0.15, 0.2) is 0 Å². The minimum Gasteiger partial charge on any atom is -0.465 e. The summed E-state index contributed by atoms with van der Waals surface area (Å²) in [5.74, 6) is 0.114. The van der Waals surface area contributed by atoms with Gasteiger partial charge in [0, 0.05) is 0 Å². The van der Waals surface area contributed by atoms with Crippen LogP contribution in [0.5, 0.6) is 0 Å². The number of nitrogens with one attached hydrogen (secondary N) is 1. The van der Waals surface area contributed by atoms with Crippen LogP contribution < -0.4 is 11.1 Å². The van der Waals surface area contributed by atoms with Crippen LogP contribution in [-0.2, 0) is 5.54 Å². The van der Waals surface area contributed by atoms with E-state index >= 15 is 0 Å². The maximum Gasteiger partial charge on any atom is 0.405 e. The monoisotopic (exact) mass is 186 g/mol. The van der Waals surface area contributed by atoms with Crippen LogP contribution in [-0.4, -0.2) is 21.3 Å². The first kappa shape index (κ1) is 9.30. The van der Waals surface area contributed by atoms with E-state index in [1.807, 2.05) is 0 Å². The molecule has 0 aliphatic carbocycles. The molecule has 0 aromatic carbocycles. The summed E-state index contributed by atoms with van der Waals surface area (Å²) in [4.78, 5) is 14.1. The molecule has 0 aliphatic rings. The quantitative estimate of drug-likeness (QED) is 0.605. The standard InChI is InChI=1S/C6H10N4O3/c1-6(2,9-5(11)12)3-8-4(7)10-13-3/h9H,1-2H3,(H2,7,10)(H,11,12). The van der Waals surface area contributed by atoms with E-state index < -0.39 is 11.6 Å². The number of nitrogens with two attached hydrogens (primary N) is 1. The molecule has 0 atom stereocenters. The van der Waals surface area contributed by atoms with Crippen molar-refractivity contribution in [3.8, 4) is 0 Å². The van der Waals surface area contributed by atoms with Gasteiger partial charge in [-0.1, -0.05) is 0 Å². The van der Waals surface area contributed by atoms with Crippen LogP contribution in [0.25, 0.3) is 0 Å². The summed E-state index contributed by atoms with van der Waals surface area (Å²) in [5, 5.41) is 14.0. The summed E-state index contributed by atoms with van der Waals surface area (Å²) >= 11 is 0. The normalized spacial score (nSPS) is 11.2. The second kappa shape index (κ2) is 2.92. The fourth-order valence-corrected chi connectivity index (χ4v) is 0.810. The Morgan fingerprint density at radius 2 is 2.31 bits per heavy atom. The van der Waals surface area contributed by atoms with Gasteiger partial charge >= 0.3 is 6.09 Å². The van der Waals surface area contributed by atoms with Gasteiger partial charge in [-0.05, 0) is 19.0 Å². The molecule has 0 bridgehead atoms. The van der Waals surface area contributed by atoms with Gasteiger partial charge in [0.2, 0.25) is 0 Å². The number of carbonyl (C=O) groups is 1. The Hall–Kier alpha value is -1.79. The average molecular weight is 186 g/mol. The van der Waals surface area contributed by atoms with E-state index in [9.17, 15) is 4.79 Å². The Morgan fingerprint density at radius 1 is 1.69 bits per heavy atom. The van der Waals surface area contributed by atoms with Crippen LogP contribution in [0.15, 0.2) is 4.52 Å². The molecule has 0 aliphatic heterocycles. The van der Waals surface area contributed by atoms with E-state index in [-0.39, 0.29) is 11.8 Å². The Balaban J connectivity index is 2.86. The van der Waals surface area contributed by atoms with E-state index in [1.54, 1.807) is 13.8 Å². The van der Waals surface area contributed by atoms with Gasteiger partial charge in [-0.3, -0.25) is 0 Å². The zero-order valence-electron chi connectivity index (χ0n) is 7.24. The van der Waals surface area contributed by atoms with Gasteiger partial charge in [0.25, 0.3) is 11.8 Å². The van der Waals surface area contributed by atoms with Crippen LogP contribution in [0.2, 0.25) is 0 Å². The van der Waals surface area contributed by atoms with Crippen LogP contribution in [0, 0.1) is 0 Å². The summed E-state index contributed by atoms with van der Waals surface area (Å²) in [6.45, 7) is 3.18. The maximum absolute atomic E-state index is 10.4. The molecule has 13 heavy (non-hydrogen) atoms. The molecule has 1 amide bonds. The third kappa shape index (κ3) is 2.08. The van der Waals surface area contributed by atoms with Gasteiger partial charge in [-0.15, -0.1) is 0 Å². The fraction of sp³-hybridized carbons (Fsp3) is 0.500. The molecule has 0 saturated carbocycles. The Bertz CT molecular complexity index is 319. The van der Waals surface area contributed by atoms with Gasteiger partial charge in [-0.25, -0.2) is 4.79 Å². The SMILES string of the molecule is CC(C)(NC(=O)O)c1nc(N)no1. The van der Waals surface area contributed by atoms with Gasteiger partial charge in [-0.2, -0.15) is 4.98 Å². The first-order chi connectivity index (χ1) is 5.92. The van der Waals surface area contributed by atoms with Crippen LogP contribution in [0.1, 0.15) is 19.7 Å². The molecular formula is C6H10N4O3. The molecule has 1 rings (SSSR count). The zero-order chi connectivity index (χ0) is 10.1.